The van der Waals surface area contributed by atoms with Crippen molar-refractivity contribution in [3.05, 3.63) is 41.7 Å². The average Bonchev–Trinajstić information content (AvgIpc) is 3.21. The van der Waals surface area contributed by atoms with Crippen molar-refractivity contribution in [3.63, 3.8) is 0 Å². The SMILES string of the molecule is CC1Cc2ncnc(C3CCN(S(C)(=O)=O)CC3)c2CN1c1ccnc2[nH]ncc12. The molecular formula is C20H25N7O2S. The second-order valence-electron chi connectivity index (χ2n) is 8.26. The summed E-state index contributed by atoms with van der Waals surface area (Å²) in [6.07, 6.45) is 8.99. The van der Waals surface area contributed by atoms with Crippen molar-refractivity contribution in [2.24, 2.45) is 0 Å². The zero-order valence-electron chi connectivity index (χ0n) is 17.1. The van der Waals surface area contributed by atoms with Gasteiger partial charge in [-0.25, -0.2) is 27.7 Å². The number of aromatic nitrogens is 5. The van der Waals surface area contributed by atoms with Crippen molar-refractivity contribution >= 4 is 26.7 Å². The normalized spacial score (nSPS) is 21.1. The molecule has 0 saturated carbocycles. The Labute approximate surface area is 175 Å². The second-order valence-corrected chi connectivity index (χ2v) is 10.2. The van der Waals surface area contributed by atoms with Gasteiger partial charge in [-0.3, -0.25) is 5.10 Å². The first kappa shape index (κ1) is 19.4. The highest BCUT2D eigenvalue weighted by Crippen LogP contribution is 2.36. The van der Waals surface area contributed by atoms with Crippen LogP contribution < -0.4 is 4.90 Å². The fourth-order valence-corrected chi connectivity index (χ4v) is 5.63. The fraction of sp³-hybridized carbons (Fsp3) is 0.500. The molecule has 1 fully saturated rings. The largest absolute Gasteiger partial charge is 0.363 e. The van der Waals surface area contributed by atoms with Gasteiger partial charge in [0.1, 0.15) is 6.33 Å². The lowest BCUT2D eigenvalue weighted by Crippen LogP contribution is -2.41. The molecule has 1 N–H and O–H groups in total. The molecule has 5 rings (SSSR count). The summed E-state index contributed by atoms with van der Waals surface area (Å²) in [6, 6.07) is 2.32. The number of anilines is 1. The summed E-state index contributed by atoms with van der Waals surface area (Å²) in [5.41, 5.74) is 5.24. The molecule has 158 valence electrons. The van der Waals surface area contributed by atoms with E-state index in [1.54, 1.807) is 16.8 Å². The lowest BCUT2D eigenvalue weighted by atomic mass is 9.87. The van der Waals surface area contributed by atoms with E-state index < -0.39 is 10.0 Å². The van der Waals surface area contributed by atoms with Gasteiger partial charge in [0, 0.05) is 49.8 Å². The Hall–Kier alpha value is -2.59. The predicted octanol–water partition coefficient (Wildman–Crippen LogP) is 1.84. The number of rotatable bonds is 3. The Bertz CT molecular complexity index is 1180. The van der Waals surface area contributed by atoms with Crippen LogP contribution in [-0.2, 0) is 23.0 Å². The number of nitrogens with one attached hydrogen (secondary N) is 1. The molecule has 5 heterocycles. The molecule has 0 aliphatic carbocycles. The highest BCUT2D eigenvalue weighted by atomic mass is 32.2. The molecule has 1 saturated heterocycles. The highest BCUT2D eigenvalue weighted by molar-refractivity contribution is 7.88. The molecule has 0 bridgehead atoms. The van der Waals surface area contributed by atoms with Crippen molar-refractivity contribution in [1.82, 2.24) is 29.5 Å². The molecule has 1 atom stereocenters. The van der Waals surface area contributed by atoms with Gasteiger partial charge in [0.05, 0.1) is 34.9 Å². The van der Waals surface area contributed by atoms with E-state index in [-0.39, 0.29) is 12.0 Å². The molecule has 3 aromatic rings. The Morgan fingerprint density at radius 2 is 1.97 bits per heavy atom. The first-order chi connectivity index (χ1) is 14.4. The van der Waals surface area contributed by atoms with Gasteiger partial charge in [-0.15, -0.1) is 0 Å². The molecule has 0 radical (unpaired) electrons. The van der Waals surface area contributed by atoms with Crippen LogP contribution in [0, 0.1) is 0 Å². The van der Waals surface area contributed by atoms with Gasteiger partial charge in [0.15, 0.2) is 5.65 Å². The van der Waals surface area contributed by atoms with E-state index in [0.717, 1.165) is 53.9 Å². The number of hydrogen-bond acceptors (Lipinski definition) is 7. The third kappa shape index (κ3) is 3.33. The summed E-state index contributed by atoms with van der Waals surface area (Å²) in [7, 11) is -3.14. The summed E-state index contributed by atoms with van der Waals surface area (Å²) in [4.78, 5) is 16.0. The molecule has 0 amide bonds. The molecule has 10 heteroatoms. The minimum absolute atomic E-state index is 0.251. The zero-order valence-corrected chi connectivity index (χ0v) is 17.9. The second kappa shape index (κ2) is 7.28. The van der Waals surface area contributed by atoms with Crippen LogP contribution in [0.3, 0.4) is 0 Å². The van der Waals surface area contributed by atoms with Crippen LogP contribution >= 0.6 is 0 Å². The van der Waals surface area contributed by atoms with Crippen LogP contribution in [0.25, 0.3) is 11.0 Å². The molecule has 9 nitrogen and oxygen atoms in total. The number of fused-ring (bicyclic) bond motifs is 2. The summed E-state index contributed by atoms with van der Waals surface area (Å²) in [5.74, 6) is 0.251. The third-order valence-electron chi connectivity index (χ3n) is 6.37. The summed E-state index contributed by atoms with van der Waals surface area (Å²) < 4.78 is 25.3. The number of nitrogens with zero attached hydrogens (tertiary/aromatic N) is 6. The van der Waals surface area contributed by atoms with E-state index in [1.165, 1.54) is 11.8 Å². The Balaban J connectivity index is 1.47. The number of hydrogen-bond donors (Lipinski definition) is 1. The van der Waals surface area contributed by atoms with Crippen LogP contribution in [0.15, 0.2) is 24.8 Å². The Kier molecular flexibility index (Phi) is 4.70. The quantitative estimate of drug-likeness (QED) is 0.679. The van der Waals surface area contributed by atoms with Gasteiger partial charge < -0.3 is 4.90 Å². The molecule has 1 unspecified atom stereocenters. The van der Waals surface area contributed by atoms with Crippen molar-refractivity contribution in [3.8, 4) is 0 Å². The van der Waals surface area contributed by atoms with Gasteiger partial charge in [-0.2, -0.15) is 5.10 Å². The predicted molar refractivity (Wildman–Crippen MR) is 114 cm³/mol. The zero-order chi connectivity index (χ0) is 20.9. The summed E-state index contributed by atoms with van der Waals surface area (Å²) in [5, 5.41) is 8.10. The van der Waals surface area contributed by atoms with Gasteiger partial charge in [0.2, 0.25) is 10.0 Å². The van der Waals surface area contributed by atoms with E-state index in [9.17, 15) is 8.42 Å². The van der Waals surface area contributed by atoms with E-state index >= 15 is 0 Å². The molecule has 2 aliphatic rings. The number of H-pyrrole nitrogens is 1. The van der Waals surface area contributed by atoms with E-state index in [4.69, 9.17) is 0 Å². The topological polar surface area (TPSA) is 108 Å². The van der Waals surface area contributed by atoms with E-state index in [2.05, 4.69) is 37.0 Å². The maximum absolute atomic E-state index is 11.9. The van der Waals surface area contributed by atoms with Crippen molar-refractivity contribution in [2.45, 2.75) is 44.7 Å². The molecule has 30 heavy (non-hydrogen) atoms. The Morgan fingerprint density at radius 3 is 2.73 bits per heavy atom. The maximum atomic E-state index is 11.9. The summed E-state index contributed by atoms with van der Waals surface area (Å²) in [6.45, 7) is 4.02. The lowest BCUT2D eigenvalue weighted by Gasteiger charge is -2.38. The highest BCUT2D eigenvalue weighted by Gasteiger charge is 2.32. The third-order valence-corrected chi connectivity index (χ3v) is 7.67. The van der Waals surface area contributed by atoms with Gasteiger partial charge >= 0.3 is 0 Å². The average molecular weight is 428 g/mol. The van der Waals surface area contributed by atoms with Crippen LogP contribution in [0.2, 0.25) is 0 Å². The number of aromatic amines is 1. The van der Waals surface area contributed by atoms with Crippen LogP contribution in [0.4, 0.5) is 5.69 Å². The van der Waals surface area contributed by atoms with Crippen LogP contribution in [0.5, 0.6) is 0 Å². The molecule has 0 aromatic carbocycles. The number of piperidine rings is 1. The summed E-state index contributed by atoms with van der Waals surface area (Å²) >= 11 is 0. The first-order valence-electron chi connectivity index (χ1n) is 10.2. The van der Waals surface area contributed by atoms with E-state index in [0.29, 0.717) is 13.1 Å². The molecule has 3 aromatic heterocycles. The number of pyridine rings is 1. The van der Waals surface area contributed by atoms with Crippen LogP contribution in [-0.4, -0.2) is 63.3 Å². The fourth-order valence-electron chi connectivity index (χ4n) is 4.75. The monoisotopic (exact) mass is 427 g/mol. The standard InChI is InChI=1S/C20H25N7O2S/c1-13-9-17-16(11-27(13)18-3-6-21-20-15(18)10-24-25-20)19(23-12-22-17)14-4-7-26(8-5-14)30(2,28)29/h3,6,10,12-14H,4-5,7-9,11H2,1-2H3,(H,21,24,25). The van der Waals surface area contributed by atoms with Crippen molar-refractivity contribution in [1.29, 1.82) is 0 Å². The van der Waals surface area contributed by atoms with Gasteiger partial charge in [-0.05, 0) is 25.8 Å². The van der Waals surface area contributed by atoms with Gasteiger partial charge in [-0.1, -0.05) is 0 Å². The lowest BCUT2D eigenvalue weighted by molar-refractivity contribution is 0.317. The first-order valence-corrected chi connectivity index (χ1v) is 12.1. The molecular weight excluding hydrogens is 402 g/mol. The van der Waals surface area contributed by atoms with Crippen molar-refractivity contribution in [2.75, 3.05) is 24.2 Å². The van der Waals surface area contributed by atoms with E-state index in [1.807, 2.05) is 12.3 Å². The number of sulfonamides is 1. The maximum Gasteiger partial charge on any atom is 0.211 e. The Morgan fingerprint density at radius 1 is 1.17 bits per heavy atom. The van der Waals surface area contributed by atoms with Gasteiger partial charge in [0.25, 0.3) is 0 Å². The minimum Gasteiger partial charge on any atom is -0.363 e. The smallest absolute Gasteiger partial charge is 0.211 e. The molecule has 2 aliphatic heterocycles. The van der Waals surface area contributed by atoms with Crippen molar-refractivity contribution < 1.29 is 8.42 Å². The minimum atomic E-state index is -3.14. The van der Waals surface area contributed by atoms with Crippen LogP contribution in [0.1, 0.15) is 42.6 Å². The molecule has 0 spiro atoms.